The smallest absolute Gasteiger partial charge is 0.102 e. The van der Waals surface area contributed by atoms with E-state index in [1.165, 1.54) is 5.56 Å². The highest BCUT2D eigenvalue weighted by molar-refractivity contribution is 5.15. The number of hydrogen-bond acceptors (Lipinski definition) is 1. The van der Waals surface area contributed by atoms with Crippen LogP contribution in [0.15, 0.2) is 30.3 Å². The van der Waals surface area contributed by atoms with E-state index in [1.807, 2.05) is 6.07 Å². The van der Waals surface area contributed by atoms with Crippen LogP contribution in [0.25, 0.3) is 0 Å². The maximum absolute atomic E-state index is 9.00. The van der Waals surface area contributed by atoms with E-state index in [0.717, 1.165) is 17.4 Å². The molecule has 0 heterocycles. The van der Waals surface area contributed by atoms with Crippen molar-refractivity contribution < 1.29 is 26.6 Å². The molecule has 0 amide bonds. The molecule has 0 aliphatic rings. The number of aliphatic hydroxyl groups is 1. The zero-order valence-electron chi connectivity index (χ0n) is 10.4. The van der Waals surface area contributed by atoms with Crippen molar-refractivity contribution in [1.29, 1.82) is 0 Å². The molecule has 0 saturated heterocycles. The lowest BCUT2D eigenvalue weighted by Crippen LogP contribution is -3.00. The van der Waals surface area contributed by atoms with E-state index in [9.17, 15) is 0 Å². The predicted octanol–water partition coefficient (Wildman–Crippen LogP) is -1.31. The van der Waals surface area contributed by atoms with Gasteiger partial charge in [-0.3, -0.25) is 0 Å². The largest absolute Gasteiger partial charge is 1.00 e. The van der Waals surface area contributed by atoms with Crippen molar-refractivity contribution in [1.82, 2.24) is 0 Å². The molecule has 0 aliphatic heterocycles. The predicted molar refractivity (Wildman–Crippen MR) is 63.7 cm³/mol. The fourth-order valence-corrected chi connectivity index (χ4v) is 1.68. The van der Waals surface area contributed by atoms with Crippen LogP contribution in [0.1, 0.15) is 12.5 Å². The van der Waals surface area contributed by atoms with Gasteiger partial charge in [0.2, 0.25) is 0 Å². The van der Waals surface area contributed by atoms with Gasteiger partial charge in [-0.2, -0.15) is 0 Å². The van der Waals surface area contributed by atoms with Crippen molar-refractivity contribution in [3.05, 3.63) is 35.9 Å². The van der Waals surface area contributed by atoms with Crippen molar-refractivity contribution in [3.8, 4) is 0 Å². The third kappa shape index (κ3) is 4.64. The topological polar surface area (TPSA) is 20.2 Å². The summed E-state index contributed by atoms with van der Waals surface area (Å²) in [6.07, 6.45) is 1.06. The van der Waals surface area contributed by atoms with Crippen molar-refractivity contribution in [2.75, 3.05) is 27.2 Å². The molecule has 0 spiro atoms. The van der Waals surface area contributed by atoms with E-state index in [2.05, 4.69) is 45.3 Å². The second-order valence-electron chi connectivity index (χ2n) is 4.76. The summed E-state index contributed by atoms with van der Waals surface area (Å²) in [7, 11) is 4.34. The summed E-state index contributed by atoms with van der Waals surface area (Å²) >= 11 is 0. The highest BCUT2D eigenvalue weighted by Crippen LogP contribution is 2.12. The van der Waals surface area contributed by atoms with Crippen LogP contribution in [0.2, 0.25) is 0 Å². The lowest BCUT2D eigenvalue weighted by molar-refractivity contribution is -0.913. The van der Waals surface area contributed by atoms with Crippen LogP contribution in [-0.4, -0.2) is 42.9 Å². The fourth-order valence-electron chi connectivity index (χ4n) is 1.68. The molecule has 1 aromatic carbocycles. The number of likely N-dealkylation sites (N-methyl/N-ethyl adjacent to an activating group) is 1. The average Bonchev–Trinajstić information content (AvgIpc) is 2.19. The second kappa shape index (κ2) is 7.05. The van der Waals surface area contributed by atoms with Crippen molar-refractivity contribution in [3.63, 3.8) is 0 Å². The van der Waals surface area contributed by atoms with E-state index < -0.39 is 0 Å². The number of hydrogen-bond donors (Lipinski definition) is 1. The lowest BCUT2D eigenvalue weighted by Gasteiger charge is -2.35. The van der Waals surface area contributed by atoms with Crippen LogP contribution < -0.4 is 17.0 Å². The van der Waals surface area contributed by atoms with Crippen LogP contribution >= 0.6 is 0 Å². The number of benzene rings is 1. The van der Waals surface area contributed by atoms with E-state index in [0.29, 0.717) is 6.04 Å². The summed E-state index contributed by atoms with van der Waals surface area (Å²) in [6.45, 7) is 3.31. The van der Waals surface area contributed by atoms with Gasteiger partial charge in [0.1, 0.15) is 6.54 Å². The van der Waals surface area contributed by atoms with Gasteiger partial charge in [0.15, 0.2) is 0 Å². The minimum atomic E-state index is 0. The molecule has 16 heavy (non-hydrogen) atoms. The Morgan fingerprint density at radius 1 is 1.19 bits per heavy atom. The van der Waals surface area contributed by atoms with Crippen molar-refractivity contribution >= 4 is 0 Å². The van der Waals surface area contributed by atoms with Crippen LogP contribution in [0.4, 0.5) is 0 Å². The number of quaternary nitrogens is 1. The highest BCUT2D eigenvalue weighted by atomic mass is 79.9. The Hall–Kier alpha value is -0.380. The molecule has 1 aromatic rings. The Morgan fingerprint density at radius 2 is 1.75 bits per heavy atom. The lowest BCUT2D eigenvalue weighted by atomic mass is 10.1. The van der Waals surface area contributed by atoms with Crippen LogP contribution in [0.5, 0.6) is 0 Å². The standard InChI is InChI=1S/C13H22NO.BrH/c1-12(14(2,3)9-10-15)11-13-7-5-4-6-8-13;/h4-8,12,15H,9-11H2,1-3H3;1H/q+1;/p-1. The normalized spacial score (nSPS) is 13.0. The van der Waals surface area contributed by atoms with Gasteiger partial charge in [0, 0.05) is 6.42 Å². The summed E-state index contributed by atoms with van der Waals surface area (Å²) in [6, 6.07) is 11.1. The molecule has 1 atom stereocenters. The van der Waals surface area contributed by atoms with Gasteiger partial charge in [0.25, 0.3) is 0 Å². The molecular weight excluding hydrogens is 266 g/mol. The fraction of sp³-hybridized carbons (Fsp3) is 0.538. The van der Waals surface area contributed by atoms with Crippen LogP contribution in [0.3, 0.4) is 0 Å². The molecule has 1 rings (SSSR count). The summed E-state index contributed by atoms with van der Waals surface area (Å²) in [5.41, 5.74) is 1.37. The summed E-state index contributed by atoms with van der Waals surface area (Å²) in [5.74, 6) is 0. The Balaban J connectivity index is 0.00000225. The molecule has 0 bridgehead atoms. The van der Waals surface area contributed by atoms with Crippen molar-refractivity contribution in [2.24, 2.45) is 0 Å². The maximum atomic E-state index is 9.00. The van der Waals surface area contributed by atoms with E-state index in [1.54, 1.807) is 0 Å². The zero-order valence-corrected chi connectivity index (χ0v) is 11.9. The number of aliphatic hydroxyl groups excluding tert-OH is 1. The second-order valence-corrected chi connectivity index (χ2v) is 4.76. The van der Waals surface area contributed by atoms with Crippen LogP contribution in [0, 0.1) is 0 Å². The van der Waals surface area contributed by atoms with Gasteiger partial charge < -0.3 is 26.6 Å². The summed E-state index contributed by atoms with van der Waals surface area (Å²) in [5, 5.41) is 9.00. The van der Waals surface area contributed by atoms with Gasteiger partial charge >= 0.3 is 0 Å². The molecule has 3 heteroatoms. The molecule has 0 fully saturated rings. The van der Waals surface area contributed by atoms with Gasteiger partial charge in [-0.15, -0.1) is 0 Å². The van der Waals surface area contributed by atoms with E-state index in [4.69, 9.17) is 5.11 Å². The zero-order chi connectivity index (χ0) is 11.3. The van der Waals surface area contributed by atoms with Gasteiger partial charge in [-0.05, 0) is 12.5 Å². The number of rotatable bonds is 5. The van der Waals surface area contributed by atoms with E-state index >= 15 is 0 Å². The van der Waals surface area contributed by atoms with Crippen LogP contribution in [-0.2, 0) is 6.42 Å². The SMILES string of the molecule is CC(Cc1ccccc1)[N+](C)(C)CCO.[Br-]. The Labute approximate surface area is 109 Å². The maximum Gasteiger partial charge on any atom is 0.102 e. The van der Waals surface area contributed by atoms with Gasteiger partial charge in [-0.25, -0.2) is 0 Å². The van der Waals surface area contributed by atoms with E-state index in [-0.39, 0.29) is 23.6 Å². The first-order chi connectivity index (χ1) is 7.06. The minimum absolute atomic E-state index is 0. The molecule has 2 nitrogen and oxygen atoms in total. The minimum Gasteiger partial charge on any atom is -1.00 e. The number of halogens is 1. The molecular formula is C13H22BrNO. The van der Waals surface area contributed by atoms with Crippen molar-refractivity contribution in [2.45, 2.75) is 19.4 Å². The molecule has 0 aliphatic carbocycles. The number of nitrogens with zero attached hydrogens (tertiary/aromatic N) is 1. The summed E-state index contributed by atoms with van der Waals surface area (Å²) in [4.78, 5) is 0. The summed E-state index contributed by atoms with van der Waals surface area (Å²) < 4.78 is 0.866. The molecule has 92 valence electrons. The monoisotopic (exact) mass is 287 g/mol. The molecule has 1 N–H and O–H groups in total. The molecule has 0 saturated carbocycles. The third-order valence-electron chi connectivity index (χ3n) is 3.24. The van der Waals surface area contributed by atoms with Gasteiger partial charge in [-0.1, -0.05) is 30.3 Å². The molecule has 0 radical (unpaired) electrons. The first-order valence-electron chi connectivity index (χ1n) is 5.53. The first kappa shape index (κ1) is 15.6. The average molecular weight is 288 g/mol. The Kier molecular flexibility index (Phi) is 6.88. The Morgan fingerprint density at radius 3 is 2.25 bits per heavy atom. The third-order valence-corrected chi connectivity index (χ3v) is 3.24. The van der Waals surface area contributed by atoms with Gasteiger partial charge in [0.05, 0.1) is 26.7 Å². The Bertz CT molecular complexity index is 287. The molecule has 0 aromatic heterocycles. The first-order valence-corrected chi connectivity index (χ1v) is 5.53. The molecule has 1 unspecified atom stereocenters. The highest BCUT2D eigenvalue weighted by Gasteiger charge is 2.23. The quantitative estimate of drug-likeness (QED) is 0.667.